The number of amidine groups is 1. The highest BCUT2D eigenvalue weighted by atomic mass is 19.4. The molecule has 1 aliphatic heterocycles. The smallest absolute Gasteiger partial charge is 0.382 e. The molecule has 0 aromatic heterocycles. The molecule has 2 aromatic rings. The predicted molar refractivity (Wildman–Crippen MR) is 190 cm³/mol. The number of nitrogens with one attached hydrogen (secondary N) is 2. The summed E-state index contributed by atoms with van der Waals surface area (Å²) in [4.78, 5) is 4.41. The molecule has 10 heteroatoms. The maximum atomic E-state index is 13.3. The van der Waals surface area contributed by atoms with Gasteiger partial charge in [-0.1, -0.05) is 77.2 Å². The van der Waals surface area contributed by atoms with Crippen molar-refractivity contribution in [2.45, 2.75) is 111 Å². The highest BCUT2D eigenvalue weighted by Crippen LogP contribution is 2.38. The Morgan fingerprint density at radius 3 is 1.86 bits per heavy atom. The maximum absolute atomic E-state index is 13.3. The van der Waals surface area contributed by atoms with Gasteiger partial charge < -0.3 is 15.4 Å². The molecule has 4 nitrogen and oxygen atoms in total. The number of alkyl halides is 6. The molecule has 0 atom stereocenters. The summed E-state index contributed by atoms with van der Waals surface area (Å²) in [7, 11) is 0. The number of benzene rings is 2. The Kier molecular flexibility index (Phi) is 15.5. The van der Waals surface area contributed by atoms with Crippen molar-refractivity contribution in [3.05, 3.63) is 88.7 Å². The zero-order valence-corrected chi connectivity index (χ0v) is 29.3. The first-order valence-electron chi connectivity index (χ1n) is 17.3. The van der Waals surface area contributed by atoms with E-state index in [1.54, 1.807) is 6.20 Å². The lowest BCUT2D eigenvalue weighted by molar-refractivity contribution is -0.143. The number of hydrogen-bond donors (Lipinski definition) is 2. The van der Waals surface area contributed by atoms with Crippen LogP contribution in [0.4, 0.5) is 37.7 Å². The van der Waals surface area contributed by atoms with Gasteiger partial charge in [0.05, 0.1) is 11.1 Å². The van der Waals surface area contributed by atoms with E-state index in [1.165, 1.54) is 39.0 Å². The highest BCUT2D eigenvalue weighted by molar-refractivity contribution is 5.94. The van der Waals surface area contributed by atoms with E-state index in [2.05, 4.69) is 28.6 Å². The van der Waals surface area contributed by atoms with E-state index in [-0.39, 0.29) is 17.6 Å². The fraction of sp³-hybridized carbons (Fsp3) is 0.513. The first kappa shape index (κ1) is 39.9. The van der Waals surface area contributed by atoms with Crippen LogP contribution in [0.25, 0.3) is 5.57 Å². The molecule has 0 unspecified atom stereocenters. The summed E-state index contributed by atoms with van der Waals surface area (Å²) < 4.78 is 85.2. The van der Waals surface area contributed by atoms with Crippen LogP contribution in [-0.4, -0.2) is 25.1 Å². The molecule has 0 radical (unpaired) electrons. The fourth-order valence-corrected chi connectivity index (χ4v) is 5.95. The van der Waals surface area contributed by atoms with Gasteiger partial charge in [0.2, 0.25) is 0 Å². The molecule has 1 heterocycles. The fourth-order valence-electron chi connectivity index (χ4n) is 5.95. The van der Waals surface area contributed by atoms with Crippen molar-refractivity contribution in [2.24, 2.45) is 10.9 Å². The minimum absolute atomic E-state index is 0.0980. The standard InChI is InChI=1S/C32H37F6N3O.C7H14/c1-5-7-21(3)30(29(8-6-2)23-9-11-26(12-10-23)41-27-13-15-42-16-14-27)20-39-22(4)40-28-18-24(31(33,34)35)17-25(19-28)32(36,37)38;1-7-5-3-2-4-6-7/h7-12,17-20,27,41H,5-6,13-16H2,1-4H3,(H,39,40);7H,2-6H2,1H3/b21-7+,29-8-,30-20+;. The normalized spacial score (nSPS) is 17.8. The highest BCUT2D eigenvalue weighted by Gasteiger charge is 2.37. The lowest BCUT2D eigenvalue weighted by Crippen LogP contribution is -2.27. The number of rotatable bonds is 9. The van der Waals surface area contributed by atoms with E-state index in [0.717, 1.165) is 72.8 Å². The monoisotopic (exact) mass is 691 g/mol. The van der Waals surface area contributed by atoms with E-state index < -0.39 is 23.5 Å². The van der Waals surface area contributed by atoms with Crippen LogP contribution in [0.1, 0.15) is 109 Å². The minimum Gasteiger partial charge on any atom is -0.382 e. The van der Waals surface area contributed by atoms with Crippen LogP contribution in [0.3, 0.4) is 0 Å². The summed E-state index contributed by atoms with van der Waals surface area (Å²) in [6.45, 7) is 11.3. The zero-order valence-electron chi connectivity index (χ0n) is 29.3. The molecule has 2 aliphatic rings. The van der Waals surface area contributed by atoms with Gasteiger partial charge in [-0.25, -0.2) is 4.99 Å². The summed E-state index contributed by atoms with van der Waals surface area (Å²) >= 11 is 0. The van der Waals surface area contributed by atoms with E-state index in [1.807, 2.05) is 51.1 Å². The second kappa shape index (κ2) is 19.0. The van der Waals surface area contributed by atoms with Crippen molar-refractivity contribution in [3.8, 4) is 0 Å². The molecule has 2 N–H and O–H groups in total. The van der Waals surface area contributed by atoms with Gasteiger partial charge in [0.25, 0.3) is 0 Å². The van der Waals surface area contributed by atoms with Crippen LogP contribution in [0, 0.1) is 5.92 Å². The van der Waals surface area contributed by atoms with Crippen LogP contribution in [0.2, 0.25) is 0 Å². The molecule has 1 saturated carbocycles. The number of aliphatic imine (C=N–C) groups is 1. The number of halogens is 6. The van der Waals surface area contributed by atoms with Crippen molar-refractivity contribution in [1.29, 1.82) is 0 Å². The molecular weight excluding hydrogens is 640 g/mol. The average Bonchev–Trinajstić information content (AvgIpc) is 3.05. The third kappa shape index (κ3) is 13.4. The van der Waals surface area contributed by atoms with Crippen molar-refractivity contribution in [1.82, 2.24) is 0 Å². The van der Waals surface area contributed by atoms with Gasteiger partial charge in [-0.05, 0) is 92.5 Å². The van der Waals surface area contributed by atoms with Gasteiger partial charge in [0.15, 0.2) is 0 Å². The van der Waals surface area contributed by atoms with E-state index in [9.17, 15) is 26.3 Å². The SMILES string of the molecule is CC1CCCCC1.CC\C=C(C(=C/N=C(C)Nc1cc(C(F)(F)F)cc(C(F)(F)F)c1)/C(C)=C/CC)\c1ccc(NC2CCOCC2)cc1. The molecule has 0 spiro atoms. The Hall–Kier alpha value is -3.53. The van der Waals surface area contributed by atoms with Gasteiger partial charge in [-0.15, -0.1) is 0 Å². The maximum Gasteiger partial charge on any atom is 0.416 e. The largest absolute Gasteiger partial charge is 0.416 e. The molecule has 0 amide bonds. The van der Waals surface area contributed by atoms with Gasteiger partial charge in [0.1, 0.15) is 5.84 Å². The van der Waals surface area contributed by atoms with E-state index >= 15 is 0 Å². The molecule has 0 bridgehead atoms. The van der Waals surface area contributed by atoms with Gasteiger partial charge in [-0.3, -0.25) is 0 Å². The molecule has 4 rings (SSSR count). The van der Waals surface area contributed by atoms with Gasteiger partial charge >= 0.3 is 12.4 Å². The lowest BCUT2D eigenvalue weighted by atomic mass is 9.91. The van der Waals surface area contributed by atoms with Crippen LogP contribution in [0.5, 0.6) is 0 Å². The molecule has 1 aliphatic carbocycles. The Morgan fingerprint density at radius 1 is 0.796 bits per heavy atom. The van der Waals surface area contributed by atoms with E-state index in [0.29, 0.717) is 18.2 Å². The topological polar surface area (TPSA) is 45.7 Å². The van der Waals surface area contributed by atoms with Gasteiger partial charge in [-0.2, -0.15) is 26.3 Å². The summed E-state index contributed by atoms with van der Waals surface area (Å²) in [6, 6.07) is 9.81. The number of hydrogen-bond acceptors (Lipinski definition) is 3. The number of ether oxygens (including phenoxy) is 1. The molecule has 2 aromatic carbocycles. The van der Waals surface area contributed by atoms with Crippen LogP contribution < -0.4 is 10.6 Å². The third-order valence-corrected chi connectivity index (χ3v) is 8.62. The zero-order chi connectivity index (χ0) is 36.0. The third-order valence-electron chi connectivity index (χ3n) is 8.62. The van der Waals surface area contributed by atoms with Crippen LogP contribution in [-0.2, 0) is 17.1 Å². The molecular formula is C39H51F6N3O. The minimum atomic E-state index is -4.94. The van der Waals surface area contributed by atoms with Crippen molar-refractivity contribution >= 4 is 22.8 Å². The number of nitrogens with zero attached hydrogens (tertiary/aromatic N) is 1. The number of allylic oxidation sites excluding steroid dienone is 5. The first-order valence-corrected chi connectivity index (χ1v) is 17.3. The van der Waals surface area contributed by atoms with Crippen molar-refractivity contribution in [2.75, 3.05) is 23.8 Å². The van der Waals surface area contributed by atoms with Crippen molar-refractivity contribution in [3.63, 3.8) is 0 Å². The van der Waals surface area contributed by atoms with Crippen molar-refractivity contribution < 1.29 is 31.1 Å². The lowest BCUT2D eigenvalue weighted by Gasteiger charge is -2.24. The quantitative estimate of drug-likeness (QED) is 0.119. The van der Waals surface area contributed by atoms with Gasteiger partial charge in [0, 0.05) is 42.4 Å². The number of anilines is 2. The first-order chi connectivity index (χ1) is 23.2. The Labute approximate surface area is 287 Å². The molecule has 270 valence electrons. The average molecular weight is 692 g/mol. The summed E-state index contributed by atoms with van der Waals surface area (Å²) in [5.74, 6) is 1.17. The molecule has 1 saturated heterocycles. The summed E-state index contributed by atoms with van der Waals surface area (Å²) in [6.07, 6.45) is 6.66. The Bertz CT molecular complexity index is 1410. The molecule has 2 fully saturated rings. The second-order valence-electron chi connectivity index (χ2n) is 12.8. The molecule has 49 heavy (non-hydrogen) atoms. The second-order valence-corrected chi connectivity index (χ2v) is 12.8. The summed E-state index contributed by atoms with van der Waals surface area (Å²) in [5.41, 5.74) is 1.48. The summed E-state index contributed by atoms with van der Waals surface area (Å²) in [5, 5.41) is 6.14. The van der Waals surface area contributed by atoms with Crippen LogP contribution >= 0.6 is 0 Å². The Morgan fingerprint density at radius 2 is 1.37 bits per heavy atom. The predicted octanol–water partition coefficient (Wildman–Crippen LogP) is 12.5. The van der Waals surface area contributed by atoms with E-state index in [4.69, 9.17) is 4.74 Å². The Balaban J connectivity index is 0.000000823. The van der Waals surface area contributed by atoms with Crippen LogP contribution in [0.15, 0.2) is 77.0 Å².